The zero-order valence-corrected chi connectivity index (χ0v) is 22.3. The highest BCUT2D eigenvalue weighted by atomic mass is 79.9. The van der Waals surface area contributed by atoms with Crippen LogP contribution in [0, 0.1) is 0 Å². The van der Waals surface area contributed by atoms with Gasteiger partial charge in [-0.1, -0.05) is 30.3 Å². The van der Waals surface area contributed by atoms with Crippen molar-refractivity contribution in [3.63, 3.8) is 0 Å². The minimum Gasteiger partial charge on any atom is -0.448 e. The van der Waals surface area contributed by atoms with E-state index in [-0.39, 0.29) is 23.6 Å². The zero-order valence-electron chi connectivity index (χ0n) is 19.9. The van der Waals surface area contributed by atoms with Gasteiger partial charge in [-0.3, -0.25) is 19.1 Å². The number of benzene rings is 2. The van der Waals surface area contributed by atoms with E-state index in [2.05, 4.69) is 26.2 Å². The number of carbonyl (C=O) groups excluding carboxylic acids is 2. The molecule has 12 heteroatoms. The van der Waals surface area contributed by atoms with Gasteiger partial charge >= 0.3 is 17.1 Å². The number of carbonyl (C=O) groups is 2. The van der Waals surface area contributed by atoms with Gasteiger partial charge in [-0.15, -0.1) is 0 Å². The minimum atomic E-state index is -3.87. The fraction of sp³-hybridized carbons (Fsp3) is 0.400. The Labute approximate surface area is 225 Å². The van der Waals surface area contributed by atoms with E-state index in [1.807, 2.05) is 46.6 Å². The standard InChI is InChI=1S/C25H26BrF2N5O3S/c26-21-13-31-24(33(21)20-8-7-17(16-5-6-16)18-3-1-2-4-19(18)20)37-25(27,28)23(35)30-14-22(34)36-15-32-11-9-29-10-12-32/h1-4,7-8,13,16,29H,5-6,9-12,14-15H2,(H,30,35). The summed E-state index contributed by atoms with van der Waals surface area (Å²) in [5.41, 5.74) is 1.93. The zero-order chi connectivity index (χ0) is 26.0. The summed E-state index contributed by atoms with van der Waals surface area (Å²) in [7, 11) is 0. The molecule has 0 atom stereocenters. The highest BCUT2D eigenvalue weighted by Crippen LogP contribution is 2.45. The van der Waals surface area contributed by atoms with Crippen LogP contribution < -0.4 is 10.6 Å². The molecule has 1 aliphatic carbocycles. The van der Waals surface area contributed by atoms with Gasteiger partial charge in [0.25, 0.3) is 0 Å². The van der Waals surface area contributed by atoms with Crippen molar-refractivity contribution in [2.75, 3.05) is 39.5 Å². The van der Waals surface area contributed by atoms with E-state index in [4.69, 9.17) is 4.74 Å². The molecule has 2 aliphatic rings. The summed E-state index contributed by atoms with van der Waals surface area (Å²) in [6, 6.07) is 11.8. The van der Waals surface area contributed by atoms with Gasteiger partial charge in [0.1, 0.15) is 17.9 Å². The highest BCUT2D eigenvalue weighted by Gasteiger charge is 2.42. The van der Waals surface area contributed by atoms with Crippen LogP contribution >= 0.6 is 27.7 Å². The second kappa shape index (κ2) is 11.1. The molecule has 1 aliphatic heterocycles. The molecule has 0 spiro atoms. The number of thioether (sulfide) groups is 1. The molecule has 1 saturated carbocycles. The van der Waals surface area contributed by atoms with E-state index in [1.165, 1.54) is 11.8 Å². The van der Waals surface area contributed by atoms with Crippen molar-refractivity contribution < 1.29 is 23.1 Å². The Morgan fingerprint density at radius 3 is 2.62 bits per heavy atom. The topological polar surface area (TPSA) is 88.5 Å². The molecule has 196 valence electrons. The Kier molecular flexibility index (Phi) is 7.80. The van der Waals surface area contributed by atoms with Crippen LogP contribution in [-0.4, -0.2) is 71.0 Å². The van der Waals surface area contributed by atoms with E-state index in [9.17, 15) is 18.4 Å². The number of halogens is 3. The van der Waals surface area contributed by atoms with E-state index in [0.717, 1.165) is 49.8 Å². The van der Waals surface area contributed by atoms with Gasteiger partial charge in [0, 0.05) is 31.6 Å². The number of hydrogen-bond acceptors (Lipinski definition) is 7. The molecule has 1 aromatic heterocycles. The molecule has 5 rings (SSSR count). The summed E-state index contributed by atoms with van der Waals surface area (Å²) in [4.78, 5) is 30.3. The van der Waals surface area contributed by atoms with Crippen LogP contribution in [0.3, 0.4) is 0 Å². The second-order valence-electron chi connectivity index (χ2n) is 9.01. The van der Waals surface area contributed by atoms with Crippen molar-refractivity contribution in [3.05, 3.63) is 52.8 Å². The summed E-state index contributed by atoms with van der Waals surface area (Å²) in [5.74, 6) is -1.84. The van der Waals surface area contributed by atoms with Gasteiger partial charge in [0.2, 0.25) is 0 Å². The van der Waals surface area contributed by atoms with Crippen LogP contribution in [0.2, 0.25) is 0 Å². The Hall–Kier alpha value is -2.54. The van der Waals surface area contributed by atoms with Crippen LogP contribution in [0.5, 0.6) is 0 Å². The average molecular weight is 594 g/mol. The van der Waals surface area contributed by atoms with Gasteiger partial charge in [-0.05, 0) is 63.5 Å². The van der Waals surface area contributed by atoms with Crippen LogP contribution in [0.25, 0.3) is 16.5 Å². The molecule has 3 aromatic rings. The number of esters is 1. The molecule has 37 heavy (non-hydrogen) atoms. The second-order valence-corrected chi connectivity index (χ2v) is 10.9. The summed E-state index contributed by atoms with van der Waals surface area (Å²) in [6.45, 7) is 2.41. The predicted molar refractivity (Wildman–Crippen MR) is 140 cm³/mol. The third kappa shape index (κ3) is 5.97. The Morgan fingerprint density at radius 2 is 1.89 bits per heavy atom. The molecule has 0 bridgehead atoms. The number of hydrogen-bond donors (Lipinski definition) is 2. The van der Waals surface area contributed by atoms with Gasteiger partial charge in [-0.2, -0.15) is 8.78 Å². The van der Waals surface area contributed by atoms with Crippen molar-refractivity contribution in [1.29, 1.82) is 0 Å². The Bertz CT molecular complexity index is 1310. The number of nitrogens with one attached hydrogen (secondary N) is 2. The number of aromatic nitrogens is 2. The molecule has 8 nitrogen and oxygen atoms in total. The van der Waals surface area contributed by atoms with Crippen molar-refractivity contribution in [2.24, 2.45) is 0 Å². The van der Waals surface area contributed by atoms with Crippen LogP contribution in [0.15, 0.2) is 52.4 Å². The largest absolute Gasteiger partial charge is 0.448 e. The van der Waals surface area contributed by atoms with Crippen LogP contribution in [0.1, 0.15) is 24.3 Å². The number of ether oxygens (including phenoxy) is 1. The number of rotatable bonds is 9. The van der Waals surface area contributed by atoms with Crippen molar-refractivity contribution in [3.8, 4) is 5.69 Å². The predicted octanol–water partition coefficient (Wildman–Crippen LogP) is 3.87. The smallest absolute Gasteiger partial charge is 0.377 e. The van der Waals surface area contributed by atoms with Gasteiger partial charge in [0.05, 0.1) is 11.9 Å². The van der Waals surface area contributed by atoms with E-state index < -0.39 is 23.7 Å². The molecule has 2 heterocycles. The van der Waals surface area contributed by atoms with E-state index in [0.29, 0.717) is 16.2 Å². The maximum atomic E-state index is 14.9. The average Bonchev–Trinajstić information content (AvgIpc) is 3.69. The number of piperazine rings is 1. The maximum Gasteiger partial charge on any atom is 0.377 e. The first-order valence-electron chi connectivity index (χ1n) is 12.0. The Balaban J connectivity index is 1.28. The molecule has 1 amide bonds. The number of imidazole rings is 1. The van der Waals surface area contributed by atoms with Crippen molar-refractivity contribution >= 4 is 50.3 Å². The number of fused-ring (bicyclic) bond motifs is 1. The molecule has 0 radical (unpaired) electrons. The molecule has 1 saturated heterocycles. The Morgan fingerprint density at radius 1 is 1.16 bits per heavy atom. The lowest BCUT2D eigenvalue weighted by molar-refractivity contribution is -0.150. The quantitative estimate of drug-likeness (QED) is 0.287. The third-order valence-corrected chi connectivity index (χ3v) is 7.85. The fourth-order valence-corrected chi connectivity index (χ4v) is 5.69. The summed E-state index contributed by atoms with van der Waals surface area (Å²) < 4.78 is 37.0. The van der Waals surface area contributed by atoms with Crippen LogP contribution in [0.4, 0.5) is 8.78 Å². The van der Waals surface area contributed by atoms with E-state index in [1.54, 1.807) is 4.57 Å². The number of amides is 1. The molecule has 2 aromatic carbocycles. The number of nitrogens with zero attached hydrogens (tertiary/aromatic N) is 3. The lowest BCUT2D eigenvalue weighted by Crippen LogP contribution is -2.45. The summed E-state index contributed by atoms with van der Waals surface area (Å²) >= 11 is 3.44. The fourth-order valence-electron chi connectivity index (χ4n) is 4.33. The van der Waals surface area contributed by atoms with E-state index >= 15 is 0 Å². The molecule has 2 fully saturated rings. The number of alkyl halides is 2. The SMILES string of the molecule is O=C(CNC(=O)C(F)(F)Sc1ncc(Br)n1-c1ccc(C2CC2)c2ccccc12)OCN1CCNCC1. The first-order valence-corrected chi connectivity index (χ1v) is 13.6. The summed E-state index contributed by atoms with van der Waals surface area (Å²) in [6.07, 6.45) is 3.71. The third-order valence-electron chi connectivity index (χ3n) is 6.37. The van der Waals surface area contributed by atoms with Gasteiger partial charge in [-0.25, -0.2) is 4.98 Å². The van der Waals surface area contributed by atoms with Crippen molar-refractivity contribution in [2.45, 2.75) is 29.2 Å². The molecular formula is C25H26BrF2N5O3S. The normalized spacial score (nSPS) is 16.6. The lowest BCUT2D eigenvalue weighted by atomic mass is 9.99. The minimum absolute atomic E-state index is 0.0246. The molecule has 0 unspecified atom stereocenters. The highest BCUT2D eigenvalue weighted by molar-refractivity contribution is 9.10. The molecule has 2 N–H and O–H groups in total. The van der Waals surface area contributed by atoms with Gasteiger partial charge < -0.3 is 15.4 Å². The molecular weight excluding hydrogens is 568 g/mol. The first-order chi connectivity index (χ1) is 17.8. The monoisotopic (exact) mass is 593 g/mol. The summed E-state index contributed by atoms with van der Waals surface area (Å²) in [5, 5.41) is 3.22. The van der Waals surface area contributed by atoms with Gasteiger partial charge in [0.15, 0.2) is 5.16 Å². The van der Waals surface area contributed by atoms with Crippen LogP contribution in [-0.2, 0) is 14.3 Å². The maximum absolute atomic E-state index is 14.9. The first kappa shape index (κ1) is 26.1. The van der Waals surface area contributed by atoms with Crippen molar-refractivity contribution in [1.82, 2.24) is 25.1 Å². The lowest BCUT2D eigenvalue weighted by Gasteiger charge is -2.26.